The Hall–Kier alpha value is -4.13. The first-order chi connectivity index (χ1) is 15.2. The molecule has 0 bridgehead atoms. The lowest BCUT2D eigenvalue weighted by molar-refractivity contribution is -0.117. The predicted molar refractivity (Wildman–Crippen MR) is 121 cm³/mol. The molecular weight excluding hydrogens is 390 g/mol. The van der Waals surface area contributed by atoms with E-state index >= 15 is 0 Å². The summed E-state index contributed by atoms with van der Waals surface area (Å²) < 4.78 is 4.74. The Balaban J connectivity index is 1.47. The molecule has 0 saturated heterocycles. The lowest BCUT2D eigenvalue weighted by Gasteiger charge is -2.11. The Morgan fingerprint density at radius 2 is 1.58 bits per heavy atom. The normalized spacial score (nSPS) is 11.3. The fourth-order valence-corrected chi connectivity index (χ4v) is 3.97. The summed E-state index contributed by atoms with van der Waals surface area (Å²) in [6.07, 6.45) is 0. The number of carbonyl (C=O) groups excluding carboxylic acids is 1. The third-order valence-corrected chi connectivity index (χ3v) is 5.37. The molecule has 5 aromatic rings. The van der Waals surface area contributed by atoms with Crippen molar-refractivity contribution in [3.8, 4) is 11.1 Å². The van der Waals surface area contributed by atoms with E-state index in [0.29, 0.717) is 18.0 Å². The molecule has 0 unspecified atom stereocenters. The number of carbonyl (C=O) groups is 1. The smallest absolute Gasteiger partial charge is 0.324 e. The Labute approximate surface area is 178 Å². The summed E-state index contributed by atoms with van der Waals surface area (Å²) in [5.41, 5.74) is 4.02. The zero-order valence-corrected chi connectivity index (χ0v) is 17.0. The van der Waals surface area contributed by atoms with Crippen molar-refractivity contribution in [1.29, 1.82) is 0 Å². The van der Waals surface area contributed by atoms with E-state index in [1.54, 1.807) is 4.40 Å². The molecule has 3 aromatic carbocycles. The lowest BCUT2D eigenvalue weighted by atomic mass is 10.0. The zero-order valence-electron chi connectivity index (χ0n) is 17.0. The van der Waals surface area contributed by atoms with Crippen LogP contribution in [-0.4, -0.2) is 24.7 Å². The quantitative estimate of drug-likeness (QED) is 0.478. The number of hydrogen-bond donors (Lipinski definition) is 1. The molecule has 5 rings (SSSR count). The van der Waals surface area contributed by atoms with Gasteiger partial charge in [0.1, 0.15) is 6.54 Å². The largest absolute Gasteiger partial charge is 0.352 e. The number of aromatic nitrogens is 4. The van der Waals surface area contributed by atoms with Crippen LogP contribution in [0, 0.1) is 0 Å². The minimum Gasteiger partial charge on any atom is -0.324 e. The van der Waals surface area contributed by atoms with Gasteiger partial charge in [0, 0.05) is 17.8 Å². The van der Waals surface area contributed by atoms with Gasteiger partial charge in [0.2, 0.25) is 11.7 Å². The first-order valence-electron chi connectivity index (χ1n) is 10.2. The van der Waals surface area contributed by atoms with E-state index in [-0.39, 0.29) is 18.1 Å². The van der Waals surface area contributed by atoms with E-state index in [4.69, 9.17) is 0 Å². The highest BCUT2D eigenvalue weighted by Crippen LogP contribution is 2.27. The molecular formula is C24H21N5O2. The van der Waals surface area contributed by atoms with Gasteiger partial charge in [-0.1, -0.05) is 60.7 Å². The summed E-state index contributed by atoms with van der Waals surface area (Å²) in [6.45, 7) is 2.51. The zero-order chi connectivity index (χ0) is 21.4. The van der Waals surface area contributed by atoms with Crippen molar-refractivity contribution in [2.45, 2.75) is 20.0 Å². The number of anilines is 1. The van der Waals surface area contributed by atoms with Gasteiger partial charge in [0.25, 0.3) is 0 Å². The van der Waals surface area contributed by atoms with Gasteiger partial charge in [-0.2, -0.15) is 0 Å². The van der Waals surface area contributed by atoms with E-state index in [1.165, 1.54) is 4.68 Å². The monoisotopic (exact) mass is 411 g/mol. The number of fused-ring (bicyclic) bond motifs is 3. The molecule has 0 aliphatic carbocycles. The van der Waals surface area contributed by atoms with Crippen LogP contribution in [0.3, 0.4) is 0 Å². The highest BCUT2D eigenvalue weighted by Gasteiger charge is 2.18. The van der Waals surface area contributed by atoms with Gasteiger partial charge in [-0.25, -0.2) is 13.9 Å². The molecule has 0 aliphatic heterocycles. The first kappa shape index (κ1) is 18.9. The first-order valence-corrected chi connectivity index (χ1v) is 10.2. The number of rotatable bonds is 5. The van der Waals surface area contributed by atoms with Crippen LogP contribution in [0.25, 0.3) is 27.9 Å². The number of imidazole rings is 1. The Kier molecular flexibility index (Phi) is 4.63. The maximum absolute atomic E-state index is 13.0. The predicted octanol–water partition coefficient (Wildman–Crippen LogP) is 3.78. The number of benzene rings is 3. The summed E-state index contributed by atoms with van der Waals surface area (Å²) >= 11 is 0. The molecule has 0 radical (unpaired) electrons. The number of nitrogens with one attached hydrogen (secondary N) is 1. The van der Waals surface area contributed by atoms with Crippen LogP contribution in [0.1, 0.15) is 6.92 Å². The molecule has 0 saturated carbocycles. The van der Waals surface area contributed by atoms with Crippen molar-refractivity contribution >= 4 is 28.4 Å². The van der Waals surface area contributed by atoms with Gasteiger partial charge < -0.3 is 9.88 Å². The molecule has 0 atom stereocenters. The molecule has 0 fully saturated rings. The standard InChI is InChI=1S/C24H21N5O2/c1-2-27-20-14-8-9-15-21(20)29-23(27)26-28(24(29)31)16-22(30)25-19-13-7-6-12-18(19)17-10-4-3-5-11-17/h3-15H,2,16H2,1H3,(H,25,30). The number of aryl methyl sites for hydroxylation is 1. The molecule has 0 spiro atoms. The summed E-state index contributed by atoms with van der Waals surface area (Å²) in [7, 11) is 0. The van der Waals surface area contributed by atoms with Crippen molar-refractivity contribution in [2.24, 2.45) is 0 Å². The van der Waals surface area contributed by atoms with Gasteiger partial charge in [-0.3, -0.25) is 4.79 Å². The molecule has 1 amide bonds. The fourth-order valence-electron chi connectivity index (χ4n) is 3.97. The highest BCUT2D eigenvalue weighted by molar-refractivity contribution is 5.95. The average Bonchev–Trinajstić information content (AvgIpc) is 3.28. The summed E-state index contributed by atoms with van der Waals surface area (Å²) in [4.78, 5) is 25.8. The van der Waals surface area contributed by atoms with Crippen LogP contribution in [-0.2, 0) is 17.9 Å². The Morgan fingerprint density at radius 3 is 2.35 bits per heavy atom. The van der Waals surface area contributed by atoms with E-state index in [9.17, 15) is 9.59 Å². The van der Waals surface area contributed by atoms with Crippen molar-refractivity contribution < 1.29 is 4.79 Å². The second-order valence-corrected chi connectivity index (χ2v) is 7.27. The van der Waals surface area contributed by atoms with Crippen LogP contribution in [0.5, 0.6) is 0 Å². The lowest BCUT2D eigenvalue weighted by Crippen LogP contribution is -2.28. The number of hydrogen-bond acceptors (Lipinski definition) is 3. The van der Waals surface area contributed by atoms with E-state index in [2.05, 4.69) is 10.4 Å². The molecule has 2 heterocycles. The van der Waals surface area contributed by atoms with Crippen molar-refractivity contribution in [2.75, 3.05) is 5.32 Å². The van der Waals surface area contributed by atoms with Gasteiger partial charge in [-0.05, 0) is 30.7 Å². The molecule has 2 aromatic heterocycles. The van der Waals surface area contributed by atoms with Gasteiger partial charge in [0.05, 0.1) is 11.0 Å². The third kappa shape index (κ3) is 3.20. The van der Waals surface area contributed by atoms with Crippen LogP contribution in [0.4, 0.5) is 5.69 Å². The summed E-state index contributed by atoms with van der Waals surface area (Å²) in [5.74, 6) is 0.227. The molecule has 154 valence electrons. The SMILES string of the molecule is CCn1c2ccccc2n2c(=O)n(CC(=O)Nc3ccccc3-c3ccccc3)nc12. The van der Waals surface area contributed by atoms with Gasteiger partial charge in [-0.15, -0.1) is 5.10 Å². The van der Waals surface area contributed by atoms with Crippen molar-refractivity contribution in [1.82, 2.24) is 18.7 Å². The van der Waals surface area contributed by atoms with Crippen LogP contribution in [0.15, 0.2) is 83.7 Å². The maximum Gasteiger partial charge on any atom is 0.352 e. The molecule has 1 N–H and O–H groups in total. The van der Waals surface area contributed by atoms with Crippen LogP contribution >= 0.6 is 0 Å². The molecule has 7 nitrogen and oxygen atoms in total. The minimum atomic E-state index is -0.329. The van der Waals surface area contributed by atoms with Crippen LogP contribution in [0.2, 0.25) is 0 Å². The summed E-state index contributed by atoms with van der Waals surface area (Å²) in [5, 5.41) is 7.38. The fraction of sp³-hybridized carbons (Fsp3) is 0.125. The average molecular weight is 411 g/mol. The molecule has 0 aliphatic rings. The number of nitrogens with zero attached hydrogens (tertiary/aromatic N) is 4. The second-order valence-electron chi connectivity index (χ2n) is 7.27. The van der Waals surface area contributed by atoms with Crippen LogP contribution < -0.4 is 11.0 Å². The maximum atomic E-state index is 13.0. The Bertz CT molecular complexity index is 1460. The van der Waals surface area contributed by atoms with Crippen molar-refractivity contribution in [3.63, 3.8) is 0 Å². The minimum absolute atomic E-state index is 0.165. The van der Waals surface area contributed by atoms with Gasteiger partial charge in [0.15, 0.2) is 0 Å². The van der Waals surface area contributed by atoms with E-state index in [0.717, 1.165) is 22.2 Å². The van der Waals surface area contributed by atoms with E-state index in [1.807, 2.05) is 90.4 Å². The van der Waals surface area contributed by atoms with Gasteiger partial charge >= 0.3 is 5.69 Å². The third-order valence-electron chi connectivity index (χ3n) is 5.37. The van der Waals surface area contributed by atoms with Crippen molar-refractivity contribution in [3.05, 3.63) is 89.3 Å². The Morgan fingerprint density at radius 1 is 0.903 bits per heavy atom. The van der Waals surface area contributed by atoms with E-state index < -0.39 is 0 Å². The topological polar surface area (TPSA) is 73.3 Å². The second kappa shape index (κ2) is 7.60. The highest BCUT2D eigenvalue weighted by atomic mass is 16.2. The molecule has 31 heavy (non-hydrogen) atoms. The number of para-hydroxylation sites is 3. The molecule has 7 heteroatoms. The summed E-state index contributed by atoms with van der Waals surface area (Å²) in [6, 6.07) is 25.1. The number of amides is 1.